The fourth-order valence-electron chi connectivity index (χ4n) is 3.21. The van der Waals surface area contributed by atoms with Gasteiger partial charge in [0.25, 0.3) is 0 Å². The van der Waals surface area contributed by atoms with Crippen molar-refractivity contribution in [2.45, 2.75) is 65.9 Å². The summed E-state index contributed by atoms with van der Waals surface area (Å²) in [6.45, 7) is 8.65. The molecule has 0 aliphatic carbocycles. The Balaban J connectivity index is 1.70. The lowest BCUT2D eigenvalue weighted by atomic mass is 10.0. The van der Waals surface area contributed by atoms with E-state index < -0.39 is 0 Å². The first-order valence-electron chi connectivity index (χ1n) is 10.3. The van der Waals surface area contributed by atoms with Gasteiger partial charge < -0.3 is 9.47 Å². The Morgan fingerprint density at radius 2 is 1.86 bits per heavy atom. The largest absolute Gasteiger partial charge is 0.458 e. The van der Waals surface area contributed by atoms with E-state index in [1.807, 2.05) is 38.2 Å². The third-order valence-corrected chi connectivity index (χ3v) is 4.80. The summed E-state index contributed by atoms with van der Waals surface area (Å²) in [5, 5.41) is 0. The highest BCUT2D eigenvalue weighted by Gasteiger charge is 2.26. The van der Waals surface area contributed by atoms with Gasteiger partial charge in [-0.3, -0.25) is 0 Å². The Morgan fingerprint density at radius 1 is 1.10 bits per heavy atom. The summed E-state index contributed by atoms with van der Waals surface area (Å²) in [5.74, 6) is -0.439. The van der Waals surface area contributed by atoms with Gasteiger partial charge in [-0.1, -0.05) is 47.1 Å². The normalized spacial score (nSPS) is 21.6. The van der Waals surface area contributed by atoms with E-state index in [9.17, 15) is 9.59 Å². The minimum atomic E-state index is -0.265. The molecule has 1 unspecified atom stereocenters. The molecule has 0 amide bonds. The molecule has 2 aliphatic rings. The van der Waals surface area contributed by atoms with E-state index in [1.165, 1.54) is 22.8 Å². The lowest BCUT2D eigenvalue weighted by molar-refractivity contribution is -0.137. The highest BCUT2D eigenvalue weighted by Crippen LogP contribution is 2.23. The van der Waals surface area contributed by atoms with E-state index in [-0.39, 0.29) is 18.0 Å². The zero-order chi connectivity index (χ0) is 21.2. The van der Waals surface area contributed by atoms with Crippen molar-refractivity contribution in [3.63, 3.8) is 0 Å². The van der Waals surface area contributed by atoms with E-state index in [1.54, 1.807) is 0 Å². The topological polar surface area (TPSA) is 52.6 Å². The molecule has 0 aromatic carbocycles. The Labute approximate surface area is 174 Å². The smallest absolute Gasteiger partial charge is 0.334 e. The second-order valence-corrected chi connectivity index (χ2v) is 7.95. The van der Waals surface area contributed by atoms with Gasteiger partial charge in [0.05, 0.1) is 0 Å². The van der Waals surface area contributed by atoms with Crippen LogP contribution in [-0.2, 0) is 19.1 Å². The zero-order valence-corrected chi connectivity index (χ0v) is 18.0. The average molecular weight is 397 g/mol. The van der Waals surface area contributed by atoms with Gasteiger partial charge in [0, 0.05) is 18.1 Å². The molecule has 2 aliphatic heterocycles. The van der Waals surface area contributed by atoms with Crippen LogP contribution >= 0.6 is 0 Å². The van der Waals surface area contributed by atoms with Gasteiger partial charge in [0.15, 0.2) is 0 Å². The van der Waals surface area contributed by atoms with Crippen molar-refractivity contribution >= 4 is 11.9 Å². The summed E-state index contributed by atoms with van der Waals surface area (Å²) in [4.78, 5) is 22.9. The third kappa shape index (κ3) is 8.51. The van der Waals surface area contributed by atoms with Crippen LogP contribution in [0.3, 0.4) is 0 Å². The van der Waals surface area contributed by atoms with Gasteiger partial charge in [-0.05, 0) is 65.0 Å². The first-order chi connectivity index (χ1) is 13.8. The van der Waals surface area contributed by atoms with Crippen molar-refractivity contribution in [2.24, 2.45) is 0 Å². The van der Waals surface area contributed by atoms with Crippen LogP contribution in [-0.4, -0.2) is 24.6 Å². The number of carbonyl (C=O) groups excluding carboxylic acids is 2. The Morgan fingerprint density at radius 3 is 2.55 bits per heavy atom. The summed E-state index contributed by atoms with van der Waals surface area (Å²) in [6, 6.07) is 0. The van der Waals surface area contributed by atoms with Crippen LogP contribution in [0.5, 0.6) is 0 Å². The maximum absolute atomic E-state index is 11.9. The highest BCUT2D eigenvalue weighted by atomic mass is 16.5. The maximum Gasteiger partial charge on any atom is 0.334 e. The highest BCUT2D eigenvalue weighted by molar-refractivity contribution is 5.90. The monoisotopic (exact) mass is 396 g/mol. The molecule has 156 valence electrons. The van der Waals surface area contributed by atoms with Crippen molar-refractivity contribution < 1.29 is 19.1 Å². The molecule has 0 spiro atoms. The average Bonchev–Trinajstić information content (AvgIpc) is 3.20. The molecule has 2 rings (SSSR count). The zero-order valence-electron chi connectivity index (χ0n) is 18.0. The van der Waals surface area contributed by atoms with E-state index in [2.05, 4.69) is 26.0 Å². The summed E-state index contributed by atoms with van der Waals surface area (Å²) in [7, 11) is 0. The van der Waals surface area contributed by atoms with Crippen LogP contribution in [0.15, 0.2) is 70.4 Å². The predicted molar refractivity (Wildman–Crippen MR) is 116 cm³/mol. The van der Waals surface area contributed by atoms with Gasteiger partial charge in [0.1, 0.15) is 12.7 Å². The summed E-state index contributed by atoms with van der Waals surface area (Å²) in [5.41, 5.74) is 5.50. The van der Waals surface area contributed by atoms with Crippen LogP contribution in [0.1, 0.15) is 59.8 Å². The lowest BCUT2D eigenvalue weighted by Gasteiger charge is -2.01. The van der Waals surface area contributed by atoms with E-state index in [0.29, 0.717) is 13.0 Å². The van der Waals surface area contributed by atoms with Gasteiger partial charge in [0.2, 0.25) is 0 Å². The molecule has 2 heterocycles. The van der Waals surface area contributed by atoms with Crippen molar-refractivity contribution in [2.75, 3.05) is 6.61 Å². The Kier molecular flexibility index (Phi) is 8.91. The molecule has 1 fully saturated rings. The van der Waals surface area contributed by atoms with Crippen LogP contribution in [0.4, 0.5) is 0 Å². The number of esters is 2. The van der Waals surface area contributed by atoms with Gasteiger partial charge >= 0.3 is 11.9 Å². The fraction of sp³-hybridized carbons (Fsp3) is 0.440. The third-order valence-electron chi connectivity index (χ3n) is 4.80. The van der Waals surface area contributed by atoms with E-state index >= 15 is 0 Å². The summed E-state index contributed by atoms with van der Waals surface area (Å²) < 4.78 is 10.2. The first kappa shape index (κ1) is 22.7. The fourth-order valence-corrected chi connectivity index (χ4v) is 3.21. The maximum atomic E-state index is 11.9. The molecule has 1 atom stereocenters. The number of rotatable bonds is 9. The molecular weight excluding hydrogens is 364 g/mol. The minimum absolute atomic E-state index is 0.0998. The molecule has 29 heavy (non-hydrogen) atoms. The molecule has 4 nitrogen and oxygen atoms in total. The van der Waals surface area contributed by atoms with Crippen LogP contribution in [0.25, 0.3) is 0 Å². The van der Waals surface area contributed by atoms with Crippen molar-refractivity contribution in [3.05, 3.63) is 70.4 Å². The number of ether oxygens (including phenoxy) is 2. The lowest BCUT2D eigenvalue weighted by Crippen LogP contribution is -2.02. The van der Waals surface area contributed by atoms with Gasteiger partial charge in [-0.2, -0.15) is 0 Å². The Hall–Kier alpha value is -2.62. The SMILES string of the molecule is CC(C)=CC1CC(=CCCC(C)=CCCC(C)=CC=CC2=CC(=O)OC2)C(=O)O1. The van der Waals surface area contributed by atoms with Crippen molar-refractivity contribution in [1.29, 1.82) is 0 Å². The molecule has 0 radical (unpaired) electrons. The van der Waals surface area contributed by atoms with Crippen molar-refractivity contribution in [3.8, 4) is 0 Å². The number of carbonyl (C=O) groups is 2. The second-order valence-electron chi connectivity index (χ2n) is 7.95. The number of hydrogen-bond donors (Lipinski definition) is 0. The van der Waals surface area contributed by atoms with E-state index in [0.717, 1.165) is 36.8 Å². The van der Waals surface area contributed by atoms with Gasteiger partial charge in [-0.25, -0.2) is 9.59 Å². The molecule has 0 N–H and O–H groups in total. The standard InChI is InChI=1S/C25H32O4/c1-18(2)14-23-16-22(25(27)29-23)13-7-11-20(4)9-5-8-19(3)10-6-12-21-15-24(26)28-17-21/h6,9-10,12-15,23H,5,7-8,11,16-17H2,1-4H3. The number of allylic oxidation sites excluding steroid dienone is 7. The molecule has 1 saturated heterocycles. The van der Waals surface area contributed by atoms with Gasteiger partial charge in [-0.15, -0.1) is 0 Å². The van der Waals surface area contributed by atoms with Crippen LogP contribution in [0.2, 0.25) is 0 Å². The molecule has 0 bridgehead atoms. The van der Waals surface area contributed by atoms with Crippen molar-refractivity contribution in [1.82, 2.24) is 0 Å². The van der Waals surface area contributed by atoms with Crippen LogP contribution < -0.4 is 0 Å². The summed E-state index contributed by atoms with van der Waals surface area (Å²) in [6.07, 6.45) is 18.2. The molecule has 0 saturated carbocycles. The van der Waals surface area contributed by atoms with E-state index in [4.69, 9.17) is 9.47 Å². The second kappa shape index (κ2) is 11.4. The molecule has 4 heteroatoms. The predicted octanol–water partition coefficient (Wildman–Crippen LogP) is 5.69. The summed E-state index contributed by atoms with van der Waals surface area (Å²) >= 11 is 0. The van der Waals surface area contributed by atoms with Crippen LogP contribution in [0, 0.1) is 0 Å². The number of hydrogen-bond acceptors (Lipinski definition) is 4. The molecular formula is C25H32O4. The number of cyclic esters (lactones) is 2. The quantitative estimate of drug-likeness (QED) is 0.217. The molecule has 0 aromatic rings. The Bertz CT molecular complexity index is 799. The first-order valence-corrected chi connectivity index (χ1v) is 10.3. The molecule has 0 aromatic heterocycles. The minimum Gasteiger partial charge on any atom is -0.458 e.